The number of nitrogens with zero attached hydrogens (tertiary/aromatic N) is 2. The van der Waals surface area contributed by atoms with Crippen LogP contribution < -0.4 is 10.1 Å². The number of nitrogens with one attached hydrogen (secondary N) is 1. The van der Waals surface area contributed by atoms with Gasteiger partial charge in [-0.25, -0.2) is 0 Å². The molecule has 1 amide bonds. The first-order valence-electron chi connectivity index (χ1n) is 11.0. The Hall–Kier alpha value is -3.99. The van der Waals surface area contributed by atoms with E-state index >= 15 is 0 Å². The lowest BCUT2D eigenvalue weighted by Crippen LogP contribution is -2.13. The number of phenols is 1. The highest BCUT2D eigenvalue weighted by molar-refractivity contribution is 7.86. The van der Waals surface area contributed by atoms with Gasteiger partial charge in [0.2, 0.25) is 0 Å². The lowest BCUT2D eigenvalue weighted by molar-refractivity contribution is 0.102. The summed E-state index contributed by atoms with van der Waals surface area (Å²) in [6, 6.07) is 17.7. The van der Waals surface area contributed by atoms with Crippen LogP contribution in [0.2, 0.25) is 5.02 Å². The fourth-order valence-corrected chi connectivity index (χ4v) is 4.81. The first kappa shape index (κ1) is 26.1. The molecule has 4 aromatic carbocycles. The third kappa shape index (κ3) is 5.26. The van der Waals surface area contributed by atoms with Gasteiger partial charge < -0.3 is 15.2 Å². The fraction of sp³-hybridized carbons (Fsp3) is 0.115. The highest BCUT2D eigenvalue weighted by Gasteiger charge is 2.22. The maximum absolute atomic E-state index is 13.2. The van der Waals surface area contributed by atoms with Crippen molar-refractivity contribution in [1.82, 2.24) is 0 Å². The number of hydrogen-bond donors (Lipinski definition) is 3. The maximum Gasteiger partial charge on any atom is 0.296 e. The van der Waals surface area contributed by atoms with Gasteiger partial charge >= 0.3 is 0 Å². The molecule has 11 heteroatoms. The molecular weight excluding hydrogens is 518 g/mol. The van der Waals surface area contributed by atoms with E-state index in [-0.39, 0.29) is 22.0 Å². The number of hydrogen-bond acceptors (Lipinski definition) is 7. The number of halogens is 1. The zero-order chi connectivity index (χ0) is 26.7. The Labute approximate surface area is 218 Å². The monoisotopic (exact) mass is 539 g/mol. The van der Waals surface area contributed by atoms with E-state index in [0.717, 1.165) is 6.07 Å². The van der Waals surface area contributed by atoms with E-state index in [1.807, 2.05) is 0 Å². The van der Waals surface area contributed by atoms with Crippen molar-refractivity contribution in [2.75, 3.05) is 12.4 Å². The molecule has 0 aliphatic rings. The summed E-state index contributed by atoms with van der Waals surface area (Å²) in [6.45, 7) is 1.74. The number of para-hydroxylation sites is 2. The van der Waals surface area contributed by atoms with Gasteiger partial charge in [-0.3, -0.25) is 9.35 Å². The highest BCUT2D eigenvalue weighted by Crippen LogP contribution is 2.41. The Bertz CT molecular complexity index is 1650. The number of aromatic hydroxyl groups is 1. The maximum atomic E-state index is 13.2. The average molecular weight is 540 g/mol. The average Bonchev–Trinajstić information content (AvgIpc) is 2.87. The minimum Gasteiger partial charge on any atom is -0.505 e. The third-order valence-electron chi connectivity index (χ3n) is 5.67. The minimum atomic E-state index is -4.65. The Morgan fingerprint density at radius 1 is 1.03 bits per heavy atom. The number of benzene rings is 4. The molecule has 3 N–H and O–H groups in total. The van der Waals surface area contributed by atoms with Crippen molar-refractivity contribution in [2.45, 2.75) is 18.2 Å². The summed E-state index contributed by atoms with van der Waals surface area (Å²) >= 11 is 6.24. The number of amides is 1. The smallest absolute Gasteiger partial charge is 0.296 e. The molecule has 0 radical (unpaired) electrons. The zero-order valence-electron chi connectivity index (χ0n) is 19.8. The number of fused-ring (bicyclic) bond motifs is 1. The van der Waals surface area contributed by atoms with Crippen molar-refractivity contribution in [2.24, 2.45) is 10.2 Å². The van der Waals surface area contributed by atoms with Crippen LogP contribution in [0, 0.1) is 0 Å². The predicted molar refractivity (Wildman–Crippen MR) is 141 cm³/mol. The van der Waals surface area contributed by atoms with E-state index in [0.29, 0.717) is 34.2 Å². The SMILES string of the molecule is CCc1c(Cl)ccc(S(=O)(=O)O)c1N=Nc1c(O)c(C(=O)Nc2ccccc2OC)cc2ccccc12. The normalized spacial score (nSPS) is 11.7. The lowest BCUT2D eigenvalue weighted by Gasteiger charge is -2.13. The molecule has 0 aromatic heterocycles. The molecule has 0 fully saturated rings. The molecule has 0 aliphatic heterocycles. The summed E-state index contributed by atoms with van der Waals surface area (Å²) in [5, 5.41) is 23.3. The van der Waals surface area contributed by atoms with Gasteiger partial charge in [-0.1, -0.05) is 54.9 Å². The molecule has 0 saturated carbocycles. The van der Waals surface area contributed by atoms with E-state index in [1.165, 1.54) is 19.2 Å². The molecule has 4 aromatic rings. The van der Waals surface area contributed by atoms with Crippen LogP contribution >= 0.6 is 11.6 Å². The first-order valence-corrected chi connectivity index (χ1v) is 12.9. The number of carbonyl (C=O) groups is 1. The van der Waals surface area contributed by atoms with Crippen molar-refractivity contribution in [3.63, 3.8) is 0 Å². The van der Waals surface area contributed by atoms with Crippen molar-refractivity contribution in [1.29, 1.82) is 0 Å². The summed E-state index contributed by atoms with van der Waals surface area (Å²) in [6.07, 6.45) is 0.296. The van der Waals surface area contributed by atoms with Gasteiger partial charge in [0.05, 0.1) is 18.4 Å². The van der Waals surface area contributed by atoms with Crippen LogP contribution in [0.5, 0.6) is 11.5 Å². The number of carbonyl (C=O) groups excluding carboxylic acids is 1. The number of ether oxygens (including phenoxy) is 1. The number of azo groups is 1. The summed E-state index contributed by atoms with van der Waals surface area (Å²) in [5.74, 6) is -0.662. The van der Waals surface area contributed by atoms with Gasteiger partial charge in [0, 0.05) is 10.4 Å². The van der Waals surface area contributed by atoms with Crippen LogP contribution in [0.1, 0.15) is 22.8 Å². The van der Waals surface area contributed by atoms with Crippen LogP contribution in [-0.4, -0.2) is 31.1 Å². The van der Waals surface area contributed by atoms with Gasteiger partial charge in [-0.05, 0) is 47.7 Å². The second-order valence-corrected chi connectivity index (χ2v) is 9.70. The van der Waals surface area contributed by atoms with Gasteiger partial charge in [0.25, 0.3) is 16.0 Å². The molecule has 0 atom stereocenters. The van der Waals surface area contributed by atoms with E-state index in [1.54, 1.807) is 55.5 Å². The van der Waals surface area contributed by atoms with E-state index in [2.05, 4.69) is 15.5 Å². The lowest BCUT2D eigenvalue weighted by atomic mass is 10.0. The summed E-state index contributed by atoms with van der Waals surface area (Å²) in [7, 11) is -3.18. The Kier molecular flexibility index (Phi) is 7.44. The topological polar surface area (TPSA) is 138 Å². The minimum absolute atomic E-state index is 0.0633. The molecule has 0 saturated heterocycles. The van der Waals surface area contributed by atoms with Crippen molar-refractivity contribution in [3.8, 4) is 11.5 Å². The molecule has 0 spiro atoms. The van der Waals surface area contributed by atoms with Gasteiger partial charge in [-0.15, -0.1) is 10.2 Å². The van der Waals surface area contributed by atoms with Gasteiger partial charge in [0.1, 0.15) is 22.0 Å². The van der Waals surface area contributed by atoms with Crippen LogP contribution in [0.3, 0.4) is 0 Å². The first-order chi connectivity index (χ1) is 17.7. The summed E-state index contributed by atoms with van der Waals surface area (Å²) in [4.78, 5) is 12.7. The van der Waals surface area contributed by atoms with Crippen molar-refractivity contribution in [3.05, 3.63) is 82.9 Å². The number of rotatable bonds is 7. The third-order valence-corrected chi connectivity index (χ3v) is 6.90. The Balaban J connectivity index is 1.88. The standard InChI is InChI=1S/C26H22ClN3O6S/c1-3-16-19(27)12-13-22(37(33,34)35)23(16)29-30-24-17-9-5-4-8-15(17)14-18(25(24)31)26(32)28-20-10-6-7-11-21(20)36-2/h4-14,31H,3H2,1-2H3,(H,28,32)(H,33,34,35). The summed E-state index contributed by atoms with van der Waals surface area (Å²) in [5.41, 5.74) is 0.427. The predicted octanol–water partition coefficient (Wildman–Crippen LogP) is 6.68. The Morgan fingerprint density at radius 2 is 1.70 bits per heavy atom. The highest BCUT2D eigenvalue weighted by atomic mass is 35.5. The molecule has 37 heavy (non-hydrogen) atoms. The Morgan fingerprint density at radius 3 is 2.41 bits per heavy atom. The van der Waals surface area contributed by atoms with Crippen LogP contribution in [-0.2, 0) is 16.5 Å². The molecule has 0 heterocycles. The van der Waals surface area contributed by atoms with Crippen LogP contribution in [0.4, 0.5) is 17.1 Å². The van der Waals surface area contributed by atoms with E-state index in [9.17, 15) is 22.9 Å². The molecule has 0 aliphatic carbocycles. The molecule has 4 rings (SSSR count). The second kappa shape index (κ2) is 10.6. The van der Waals surface area contributed by atoms with E-state index < -0.39 is 26.7 Å². The number of phenolic OH excluding ortho intramolecular Hbond substituents is 1. The van der Waals surface area contributed by atoms with Crippen LogP contribution in [0.25, 0.3) is 10.8 Å². The number of methoxy groups -OCH3 is 1. The molecule has 0 unspecified atom stereocenters. The van der Waals surface area contributed by atoms with Crippen LogP contribution in [0.15, 0.2) is 81.9 Å². The largest absolute Gasteiger partial charge is 0.505 e. The number of anilines is 1. The van der Waals surface area contributed by atoms with Crippen molar-refractivity contribution >= 4 is 55.5 Å². The molecule has 9 nitrogen and oxygen atoms in total. The van der Waals surface area contributed by atoms with Gasteiger partial charge in [0.15, 0.2) is 5.75 Å². The second-order valence-electron chi connectivity index (χ2n) is 7.90. The molecular formula is C26H22ClN3O6S. The molecule has 190 valence electrons. The van der Waals surface area contributed by atoms with Crippen molar-refractivity contribution < 1.29 is 27.6 Å². The van der Waals surface area contributed by atoms with E-state index in [4.69, 9.17) is 16.3 Å². The van der Waals surface area contributed by atoms with Gasteiger partial charge in [-0.2, -0.15) is 8.42 Å². The zero-order valence-corrected chi connectivity index (χ0v) is 21.3. The fourth-order valence-electron chi connectivity index (χ4n) is 3.87. The summed E-state index contributed by atoms with van der Waals surface area (Å²) < 4.78 is 39.0. The molecule has 0 bridgehead atoms. The quantitative estimate of drug-likeness (QED) is 0.177.